The largest absolute Gasteiger partial charge is 0.462 e. The fraction of sp³-hybridized carbons (Fsp3) is 0.0909. The number of anilines is 1. The molecule has 7 nitrogen and oxygen atoms in total. The van der Waals surface area contributed by atoms with Crippen molar-refractivity contribution in [1.82, 2.24) is 14.6 Å². The summed E-state index contributed by atoms with van der Waals surface area (Å²) in [5.74, 6) is -0.677. The number of benzene rings is 2. The Hall–Kier alpha value is -3.52. The quantitative estimate of drug-likeness (QED) is 0.436. The molecule has 0 atom stereocenters. The average molecular weight is 465 g/mol. The second kappa shape index (κ2) is 8.46. The number of amides is 1. The highest BCUT2D eigenvalue weighted by atomic mass is 79.9. The maximum Gasteiger partial charge on any atom is 0.343 e. The van der Waals surface area contributed by atoms with Gasteiger partial charge in [-0.05, 0) is 43.3 Å². The van der Waals surface area contributed by atoms with Gasteiger partial charge >= 0.3 is 5.97 Å². The first-order chi connectivity index (χ1) is 14.6. The average Bonchev–Trinajstić information content (AvgIpc) is 3.18. The Morgan fingerprint density at radius 1 is 1.13 bits per heavy atom. The van der Waals surface area contributed by atoms with Crippen molar-refractivity contribution in [2.45, 2.75) is 6.92 Å². The monoisotopic (exact) mass is 464 g/mol. The zero-order valence-electron chi connectivity index (χ0n) is 16.0. The molecule has 4 aromatic rings. The zero-order valence-corrected chi connectivity index (χ0v) is 17.6. The van der Waals surface area contributed by atoms with Crippen LogP contribution in [0.1, 0.15) is 27.6 Å². The molecule has 4 rings (SSSR count). The molecule has 150 valence electrons. The van der Waals surface area contributed by atoms with E-state index in [1.165, 1.54) is 6.20 Å². The van der Waals surface area contributed by atoms with Crippen LogP contribution in [0.3, 0.4) is 0 Å². The van der Waals surface area contributed by atoms with Gasteiger partial charge in [0.1, 0.15) is 5.56 Å². The van der Waals surface area contributed by atoms with Gasteiger partial charge in [0, 0.05) is 27.5 Å². The van der Waals surface area contributed by atoms with Gasteiger partial charge in [-0.1, -0.05) is 34.1 Å². The zero-order chi connectivity index (χ0) is 21.1. The van der Waals surface area contributed by atoms with Crippen LogP contribution in [-0.2, 0) is 4.74 Å². The third-order valence-electron chi connectivity index (χ3n) is 4.40. The Morgan fingerprint density at radius 3 is 2.77 bits per heavy atom. The number of hydrogen-bond donors (Lipinski definition) is 1. The number of nitrogens with one attached hydrogen (secondary N) is 1. The second-order valence-electron chi connectivity index (χ2n) is 6.39. The molecule has 0 fully saturated rings. The van der Waals surface area contributed by atoms with Crippen molar-refractivity contribution in [1.29, 1.82) is 0 Å². The van der Waals surface area contributed by atoms with Crippen molar-refractivity contribution in [3.8, 4) is 11.3 Å². The van der Waals surface area contributed by atoms with Crippen LogP contribution in [0.2, 0.25) is 0 Å². The molecule has 0 aliphatic heterocycles. The number of hydrogen-bond acceptors (Lipinski definition) is 5. The van der Waals surface area contributed by atoms with Crippen LogP contribution in [0.25, 0.3) is 16.9 Å². The molecule has 0 aliphatic carbocycles. The molecular weight excluding hydrogens is 448 g/mol. The fourth-order valence-corrected chi connectivity index (χ4v) is 3.45. The van der Waals surface area contributed by atoms with E-state index in [1.807, 2.05) is 36.4 Å². The molecule has 8 heteroatoms. The Morgan fingerprint density at radius 2 is 1.97 bits per heavy atom. The van der Waals surface area contributed by atoms with Crippen LogP contribution >= 0.6 is 15.9 Å². The summed E-state index contributed by atoms with van der Waals surface area (Å²) in [6.45, 7) is 2.02. The Bertz CT molecular complexity index is 1250. The van der Waals surface area contributed by atoms with Crippen LogP contribution < -0.4 is 5.32 Å². The number of halogens is 1. The highest BCUT2D eigenvalue weighted by molar-refractivity contribution is 9.10. The van der Waals surface area contributed by atoms with Crippen LogP contribution in [0.15, 0.2) is 71.5 Å². The number of carbonyl (C=O) groups excluding carboxylic acids is 2. The van der Waals surface area contributed by atoms with Gasteiger partial charge in [0.05, 0.1) is 18.5 Å². The van der Waals surface area contributed by atoms with Crippen molar-refractivity contribution >= 4 is 39.1 Å². The highest BCUT2D eigenvalue weighted by Crippen LogP contribution is 2.24. The molecule has 0 unspecified atom stereocenters. The SMILES string of the molecule is CCOC(=O)c1cnn2c(-c3cccc(NC(=O)c4cccc(Br)c4)c3)ccnc12. The van der Waals surface area contributed by atoms with Crippen molar-refractivity contribution in [2.75, 3.05) is 11.9 Å². The lowest BCUT2D eigenvalue weighted by atomic mass is 10.1. The third-order valence-corrected chi connectivity index (χ3v) is 4.89. The molecule has 1 amide bonds. The summed E-state index contributed by atoms with van der Waals surface area (Å²) in [7, 11) is 0. The van der Waals surface area contributed by atoms with E-state index in [1.54, 1.807) is 35.8 Å². The summed E-state index contributed by atoms with van der Waals surface area (Å²) in [4.78, 5) is 29.0. The molecule has 1 N–H and O–H groups in total. The van der Waals surface area contributed by atoms with Crippen molar-refractivity contribution in [3.05, 3.63) is 82.6 Å². The van der Waals surface area contributed by atoms with Crippen molar-refractivity contribution in [2.24, 2.45) is 0 Å². The molecule has 0 radical (unpaired) electrons. The van der Waals surface area contributed by atoms with Gasteiger partial charge in [0.2, 0.25) is 0 Å². The topological polar surface area (TPSA) is 85.6 Å². The Labute approximate surface area is 180 Å². The summed E-state index contributed by atoms with van der Waals surface area (Å²) in [6, 6.07) is 16.4. The normalized spacial score (nSPS) is 10.7. The molecule has 0 saturated carbocycles. The van der Waals surface area contributed by atoms with Crippen LogP contribution in [0, 0.1) is 0 Å². The van der Waals surface area contributed by atoms with Gasteiger partial charge in [0.25, 0.3) is 5.91 Å². The van der Waals surface area contributed by atoms with Crippen LogP contribution in [0.5, 0.6) is 0 Å². The third kappa shape index (κ3) is 3.95. The number of carbonyl (C=O) groups is 2. The molecule has 2 heterocycles. The first-order valence-electron chi connectivity index (χ1n) is 9.24. The smallest absolute Gasteiger partial charge is 0.343 e. The minimum absolute atomic E-state index is 0.211. The van der Waals surface area contributed by atoms with Crippen LogP contribution in [-0.4, -0.2) is 33.1 Å². The first kappa shape index (κ1) is 19.8. The molecule has 0 aliphatic rings. The van der Waals surface area contributed by atoms with E-state index in [9.17, 15) is 9.59 Å². The summed E-state index contributed by atoms with van der Waals surface area (Å²) in [6.07, 6.45) is 3.06. The maximum absolute atomic E-state index is 12.6. The van der Waals surface area contributed by atoms with Gasteiger partial charge < -0.3 is 10.1 Å². The van der Waals surface area contributed by atoms with E-state index < -0.39 is 5.97 Å². The van der Waals surface area contributed by atoms with E-state index in [4.69, 9.17) is 4.74 Å². The minimum atomic E-state index is -0.466. The van der Waals surface area contributed by atoms with E-state index >= 15 is 0 Å². The molecule has 2 aromatic carbocycles. The number of rotatable bonds is 5. The molecule has 30 heavy (non-hydrogen) atoms. The predicted octanol–water partition coefficient (Wildman–Crippen LogP) is 4.59. The highest BCUT2D eigenvalue weighted by Gasteiger charge is 2.17. The Balaban J connectivity index is 1.66. The van der Waals surface area contributed by atoms with Gasteiger partial charge in [-0.2, -0.15) is 5.10 Å². The van der Waals surface area contributed by atoms with Gasteiger partial charge in [-0.15, -0.1) is 0 Å². The minimum Gasteiger partial charge on any atom is -0.462 e. The lowest BCUT2D eigenvalue weighted by Gasteiger charge is -2.09. The number of nitrogens with zero attached hydrogens (tertiary/aromatic N) is 3. The standard InChI is InChI=1S/C22H17BrN4O3/c1-2-30-22(29)18-13-25-27-19(9-10-24-20(18)27)14-5-4-8-17(12-14)26-21(28)15-6-3-7-16(23)11-15/h3-13H,2H2,1H3,(H,26,28). The maximum atomic E-state index is 12.6. The summed E-state index contributed by atoms with van der Waals surface area (Å²) in [5, 5.41) is 7.21. The number of ether oxygens (including phenoxy) is 1. The first-order valence-corrected chi connectivity index (χ1v) is 10.0. The van der Waals surface area contributed by atoms with E-state index in [0.29, 0.717) is 22.5 Å². The van der Waals surface area contributed by atoms with E-state index in [2.05, 4.69) is 31.3 Å². The molecule has 0 saturated heterocycles. The lowest BCUT2D eigenvalue weighted by molar-refractivity contribution is 0.0528. The molecule has 0 spiro atoms. The van der Waals surface area contributed by atoms with Crippen molar-refractivity contribution in [3.63, 3.8) is 0 Å². The second-order valence-corrected chi connectivity index (χ2v) is 7.31. The van der Waals surface area contributed by atoms with Gasteiger partial charge in [-0.3, -0.25) is 4.79 Å². The summed E-state index contributed by atoms with van der Waals surface area (Å²) in [5.41, 5.74) is 3.45. The van der Waals surface area contributed by atoms with E-state index in [-0.39, 0.29) is 12.5 Å². The summed E-state index contributed by atoms with van der Waals surface area (Å²) >= 11 is 3.37. The lowest BCUT2D eigenvalue weighted by Crippen LogP contribution is -2.11. The molecular formula is C22H17BrN4O3. The van der Waals surface area contributed by atoms with Gasteiger partial charge in [0.15, 0.2) is 5.65 Å². The van der Waals surface area contributed by atoms with Crippen molar-refractivity contribution < 1.29 is 14.3 Å². The number of fused-ring (bicyclic) bond motifs is 1. The molecule has 0 bridgehead atoms. The van der Waals surface area contributed by atoms with Crippen LogP contribution in [0.4, 0.5) is 5.69 Å². The number of aromatic nitrogens is 3. The number of esters is 1. The van der Waals surface area contributed by atoms with E-state index in [0.717, 1.165) is 15.7 Å². The summed E-state index contributed by atoms with van der Waals surface area (Å²) < 4.78 is 7.49. The Kier molecular flexibility index (Phi) is 5.58. The fourth-order valence-electron chi connectivity index (χ4n) is 3.05. The predicted molar refractivity (Wildman–Crippen MR) is 116 cm³/mol. The van der Waals surface area contributed by atoms with Gasteiger partial charge in [-0.25, -0.2) is 14.3 Å². The molecule has 2 aromatic heterocycles.